The van der Waals surface area contributed by atoms with Gasteiger partial charge in [0, 0.05) is 25.2 Å². The number of fused-ring (bicyclic) bond motifs is 2. The molecule has 6 heteroatoms. The number of carbonyl (C=O) groups excluding carboxylic acids is 1. The van der Waals surface area contributed by atoms with Gasteiger partial charge in [0.05, 0.1) is 30.8 Å². The van der Waals surface area contributed by atoms with Gasteiger partial charge in [0.1, 0.15) is 12.2 Å². The highest BCUT2D eigenvalue weighted by atomic mass is 16.7. The number of rotatable bonds is 0. The van der Waals surface area contributed by atoms with Gasteiger partial charge in [0.2, 0.25) is 0 Å². The molecule has 10 atom stereocenters. The van der Waals surface area contributed by atoms with Gasteiger partial charge < -0.3 is 24.1 Å². The van der Waals surface area contributed by atoms with Gasteiger partial charge in [0.25, 0.3) is 0 Å². The summed E-state index contributed by atoms with van der Waals surface area (Å²) in [5.74, 6) is -0.796. The van der Waals surface area contributed by atoms with Gasteiger partial charge in [-0.2, -0.15) is 0 Å². The van der Waals surface area contributed by atoms with Crippen LogP contribution in [0.1, 0.15) is 73.1 Å². The summed E-state index contributed by atoms with van der Waals surface area (Å²) in [6.45, 7) is 11.0. The Balaban J connectivity index is 1.48. The van der Waals surface area contributed by atoms with Crippen molar-refractivity contribution in [2.75, 3.05) is 6.61 Å². The van der Waals surface area contributed by atoms with Crippen LogP contribution in [0, 0.1) is 23.7 Å². The molecule has 4 heterocycles. The van der Waals surface area contributed by atoms with E-state index in [9.17, 15) is 9.90 Å². The number of esters is 1. The molecule has 2 bridgehead atoms. The molecule has 0 saturated carbocycles. The van der Waals surface area contributed by atoms with Crippen molar-refractivity contribution in [1.29, 1.82) is 0 Å². The molecule has 1 aliphatic carbocycles. The fourth-order valence-electron chi connectivity index (χ4n) is 6.84. The van der Waals surface area contributed by atoms with E-state index in [1.807, 2.05) is 13.0 Å². The average Bonchev–Trinajstić information content (AvgIpc) is 3.26. The van der Waals surface area contributed by atoms with Crippen molar-refractivity contribution in [1.82, 2.24) is 0 Å². The zero-order valence-corrected chi connectivity index (χ0v) is 23.0. The van der Waals surface area contributed by atoms with Crippen LogP contribution in [-0.2, 0) is 23.7 Å². The number of aliphatic hydroxyl groups is 1. The molecule has 1 spiro atoms. The molecule has 3 fully saturated rings. The van der Waals surface area contributed by atoms with Crippen LogP contribution in [0.25, 0.3) is 0 Å². The molecule has 204 valence electrons. The lowest BCUT2D eigenvalue weighted by molar-refractivity contribution is -0.332. The van der Waals surface area contributed by atoms with Crippen molar-refractivity contribution in [3.63, 3.8) is 0 Å². The Bertz CT molecular complexity index is 994. The lowest BCUT2D eigenvalue weighted by Gasteiger charge is -2.49. The van der Waals surface area contributed by atoms with E-state index in [-0.39, 0.29) is 30.2 Å². The van der Waals surface area contributed by atoms with Crippen LogP contribution >= 0.6 is 0 Å². The first-order chi connectivity index (χ1) is 17.6. The van der Waals surface area contributed by atoms with Crippen LogP contribution in [0.2, 0.25) is 0 Å². The predicted molar refractivity (Wildman–Crippen MR) is 142 cm³/mol. The molecular weight excluding hydrogens is 468 g/mol. The van der Waals surface area contributed by atoms with Crippen LogP contribution < -0.4 is 0 Å². The van der Waals surface area contributed by atoms with Crippen LogP contribution in [0.15, 0.2) is 47.1 Å². The molecule has 37 heavy (non-hydrogen) atoms. The third-order valence-corrected chi connectivity index (χ3v) is 9.14. The second kappa shape index (κ2) is 10.8. The maximum absolute atomic E-state index is 13.8. The minimum atomic E-state index is -0.712. The summed E-state index contributed by atoms with van der Waals surface area (Å²) in [6.07, 6.45) is 14.0. The molecule has 5 aliphatic rings. The molecule has 4 aliphatic heterocycles. The second-order valence-electron chi connectivity index (χ2n) is 12.3. The minimum absolute atomic E-state index is 0.0654. The van der Waals surface area contributed by atoms with E-state index in [0.717, 1.165) is 36.8 Å². The number of allylic oxidation sites excluding steroid dienone is 4. The molecule has 5 rings (SSSR count). The quantitative estimate of drug-likeness (QED) is 0.345. The molecule has 3 saturated heterocycles. The number of aliphatic hydroxyl groups excluding tert-OH is 1. The highest BCUT2D eigenvalue weighted by Gasteiger charge is 2.51. The lowest BCUT2D eigenvalue weighted by atomic mass is 9.75. The van der Waals surface area contributed by atoms with Crippen molar-refractivity contribution in [3.8, 4) is 0 Å². The van der Waals surface area contributed by atoms with Gasteiger partial charge in [-0.1, -0.05) is 49.8 Å². The number of ether oxygens (including phenoxy) is 4. The van der Waals surface area contributed by atoms with Crippen LogP contribution in [0.5, 0.6) is 0 Å². The predicted octanol–water partition coefficient (Wildman–Crippen LogP) is 5.42. The van der Waals surface area contributed by atoms with E-state index in [1.54, 1.807) is 0 Å². The molecule has 0 aromatic rings. The van der Waals surface area contributed by atoms with E-state index < -0.39 is 23.9 Å². The maximum Gasteiger partial charge on any atom is 0.313 e. The summed E-state index contributed by atoms with van der Waals surface area (Å²) < 4.78 is 25.5. The minimum Gasteiger partial charge on any atom is -0.462 e. The Morgan fingerprint density at radius 2 is 1.92 bits per heavy atom. The zero-order valence-electron chi connectivity index (χ0n) is 23.0. The summed E-state index contributed by atoms with van der Waals surface area (Å²) in [5.41, 5.74) is 3.14. The van der Waals surface area contributed by atoms with Crippen molar-refractivity contribution in [2.45, 2.75) is 109 Å². The second-order valence-corrected chi connectivity index (χ2v) is 12.3. The summed E-state index contributed by atoms with van der Waals surface area (Å²) in [5, 5.41) is 10.8. The number of hydrogen-bond acceptors (Lipinski definition) is 6. The first-order valence-corrected chi connectivity index (χ1v) is 14.2. The van der Waals surface area contributed by atoms with E-state index in [2.05, 4.69) is 52.0 Å². The van der Waals surface area contributed by atoms with E-state index in [0.29, 0.717) is 31.3 Å². The molecule has 0 radical (unpaired) electrons. The summed E-state index contributed by atoms with van der Waals surface area (Å²) in [7, 11) is 0. The van der Waals surface area contributed by atoms with E-state index in [4.69, 9.17) is 18.9 Å². The standard InChI is InChI=1S/C31H44O6/c1-18-7-6-8-23-17-34-29-27(23)26(14-21(4)28(29)32)30(33)35-25-15-24(10-9-19(2)13-18)37-31(16-25)12-11-20(3)22(5)36-31/h6-9,14,18,20,22,24-29,32H,10-13,15-17H2,1-5H3/b7-6+,19-9+,23-8+/t18-,20?,22+,24+,25?,26?,27-,28+,29-,31-/m0/s1. The van der Waals surface area contributed by atoms with Crippen LogP contribution in [0.4, 0.5) is 0 Å². The Labute approximate surface area is 221 Å². The first-order valence-electron chi connectivity index (χ1n) is 14.2. The maximum atomic E-state index is 13.8. The Morgan fingerprint density at radius 1 is 1.11 bits per heavy atom. The third kappa shape index (κ3) is 5.68. The number of carbonyl (C=O) groups is 1. The molecule has 0 aromatic carbocycles. The SMILES string of the molecule is CC1=CC2C(=O)OC3C[C@@H](C/C=C(\C)C[C@@H](C)/C=C/C=C4\CO[C@H]([C@@H]1O)[C@@H]42)O[C@@]1(CCC(C)[C@@H](C)O1)C3. The van der Waals surface area contributed by atoms with Crippen molar-refractivity contribution in [2.24, 2.45) is 23.7 Å². The van der Waals surface area contributed by atoms with E-state index in [1.165, 1.54) is 5.57 Å². The number of hydrogen-bond donors (Lipinski definition) is 1. The van der Waals surface area contributed by atoms with Gasteiger partial charge in [-0.25, -0.2) is 0 Å². The Hall–Kier alpha value is -1.73. The largest absolute Gasteiger partial charge is 0.462 e. The van der Waals surface area contributed by atoms with Gasteiger partial charge >= 0.3 is 5.97 Å². The molecule has 0 aromatic heterocycles. The van der Waals surface area contributed by atoms with E-state index >= 15 is 0 Å². The first kappa shape index (κ1) is 26.9. The van der Waals surface area contributed by atoms with Gasteiger partial charge in [-0.3, -0.25) is 4.79 Å². The molecule has 3 unspecified atom stereocenters. The zero-order chi connectivity index (χ0) is 26.3. The van der Waals surface area contributed by atoms with Crippen molar-refractivity contribution in [3.05, 3.63) is 47.1 Å². The monoisotopic (exact) mass is 512 g/mol. The summed E-state index contributed by atoms with van der Waals surface area (Å²) in [4.78, 5) is 13.8. The molecule has 1 N–H and O–H groups in total. The topological polar surface area (TPSA) is 74.2 Å². The summed E-state index contributed by atoms with van der Waals surface area (Å²) >= 11 is 0. The highest BCUT2D eigenvalue weighted by molar-refractivity contribution is 5.76. The van der Waals surface area contributed by atoms with Crippen LogP contribution in [0.3, 0.4) is 0 Å². The normalized spacial score (nSPS) is 48.6. The van der Waals surface area contributed by atoms with Crippen molar-refractivity contribution < 1.29 is 28.8 Å². The van der Waals surface area contributed by atoms with Gasteiger partial charge in [-0.15, -0.1) is 0 Å². The van der Waals surface area contributed by atoms with Gasteiger partial charge in [-0.05, 0) is 63.0 Å². The fraction of sp³-hybridized carbons (Fsp3) is 0.710. The lowest BCUT2D eigenvalue weighted by Crippen LogP contribution is -2.54. The highest BCUT2D eigenvalue weighted by Crippen LogP contribution is 2.45. The molecule has 0 amide bonds. The summed E-state index contributed by atoms with van der Waals surface area (Å²) in [6, 6.07) is 0. The fourth-order valence-corrected chi connectivity index (χ4v) is 6.84. The smallest absolute Gasteiger partial charge is 0.313 e. The van der Waals surface area contributed by atoms with Crippen molar-refractivity contribution >= 4 is 5.97 Å². The third-order valence-electron chi connectivity index (χ3n) is 9.14. The van der Waals surface area contributed by atoms with Crippen LogP contribution in [-0.4, -0.2) is 54.0 Å². The Kier molecular flexibility index (Phi) is 7.84. The molecular formula is C31H44O6. The van der Waals surface area contributed by atoms with Gasteiger partial charge in [0.15, 0.2) is 5.79 Å². The average molecular weight is 513 g/mol. The Morgan fingerprint density at radius 3 is 2.70 bits per heavy atom. The molecule has 6 nitrogen and oxygen atoms in total.